The van der Waals surface area contributed by atoms with Gasteiger partial charge in [0.15, 0.2) is 0 Å². The fourth-order valence-corrected chi connectivity index (χ4v) is 4.65. The standard InChI is InChI=1S/C27H30ClF3N4O6/c28-26-32-25(35(37)38)15-34(26)14-11-22(36)18-40-23-7-3-21(4-8-23)33-12-9-20(10-13-33)17-39-16-19-1-5-24(6-2-19)41-27(29,30)31/h1-8,15,20,22,36H,9-14,16-18H2. The number of benzene rings is 2. The molecule has 1 aromatic heterocycles. The van der Waals surface area contributed by atoms with E-state index in [9.17, 15) is 28.4 Å². The summed E-state index contributed by atoms with van der Waals surface area (Å²) in [6, 6.07) is 13.3. The zero-order valence-corrected chi connectivity index (χ0v) is 22.8. The summed E-state index contributed by atoms with van der Waals surface area (Å²) < 4.78 is 53.6. The van der Waals surface area contributed by atoms with E-state index in [4.69, 9.17) is 21.1 Å². The number of ether oxygens (including phenoxy) is 3. The first-order chi connectivity index (χ1) is 19.6. The van der Waals surface area contributed by atoms with Gasteiger partial charge >= 0.3 is 17.5 Å². The Balaban J connectivity index is 1.13. The van der Waals surface area contributed by atoms with Crippen LogP contribution in [0.15, 0.2) is 54.7 Å². The van der Waals surface area contributed by atoms with Crippen molar-refractivity contribution in [1.29, 1.82) is 0 Å². The third-order valence-corrected chi connectivity index (χ3v) is 6.95. The smallest absolute Gasteiger partial charge is 0.491 e. The minimum absolute atomic E-state index is 0.0101. The lowest BCUT2D eigenvalue weighted by Gasteiger charge is -2.33. The monoisotopic (exact) mass is 598 g/mol. The molecule has 41 heavy (non-hydrogen) atoms. The summed E-state index contributed by atoms with van der Waals surface area (Å²) in [6.45, 7) is 2.95. The van der Waals surface area contributed by atoms with E-state index in [1.54, 1.807) is 12.1 Å². The molecule has 4 rings (SSSR count). The highest BCUT2D eigenvalue weighted by Gasteiger charge is 2.31. The normalized spacial score (nSPS) is 15.1. The molecule has 0 spiro atoms. The number of rotatable bonds is 13. The van der Waals surface area contributed by atoms with Crippen LogP contribution in [0.5, 0.6) is 11.5 Å². The molecule has 0 radical (unpaired) electrons. The summed E-state index contributed by atoms with van der Waals surface area (Å²) in [5, 5.41) is 21.0. The number of aliphatic hydroxyl groups excluding tert-OH is 1. The van der Waals surface area contributed by atoms with Crippen molar-refractivity contribution in [2.24, 2.45) is 5.92 Å². The Morgan fingerprint density at radius 3 is 2.37 bits per heavy atom. The molecule has 1 aliphatic heterocycles. The minimum Gasteiger partial charge on any atom is -0.491 e. The van der Waals surface area contributed by atoms with Gasteiger partial charge < -0.3 is 34.3 Å². The van der Waals surface area contributed by atoms with Gasteiger partial charge in [-0.25, -0.2) is 0 Å². The van der Waals surface area contributed by atoms with Crippen LogP contribution in [0.4, 0.5) is 24.7 Å². The van der Waals surface area contributed by atoms with Crippen molar-refractivity contribution in [3.05, 3.63) is 75.7 Å². The van der Waals surface area contributed by atoms with E-state index in [2.05, 4.69) is 14.6 Å². The maximum absolute atomic E-state index is 12.3. The summed E-state index contributed by atoms with van der Waals surface area (Å²) >= 11 is 5.89. The molecule has 3 aromatic rings. The second kappa shape index (κ2) is 13.9. The predicted octanol–water partition coefficient (Wildman–Crippen LogP) is 5.61. The van der Waals surface area contributed by atoms with Crippen molar-refractivity contribution in [2.45, 2.75) is 44.9 Å². The van der Waals surface area contributed by atoms with E-state index < -0.39 is 17.4 Å². The van der Waals surface area contributed by atoms with Gasteiger partial charge in [-0.2, -0.15) is 0 Å². The molecular weight excluding hydrogens is 569 g/mol. The van der Waals surface area contributed by atoms with Gasteiger partial charge in [-0.1, -0.05) is 12.1 Å². The molecule has 1 unspecified atom stereocenters. The van der Waals surface area contributed by atoms with Gasteiger partial charge in [0.05, 0.1) is 12.7 Å². The number of aromatic nitrogens is 2. The SMILES string of the molecule is O=[N+]([O-])c1cn(CCC(O)COc2ccc(N3CCC(COCc4ccc(OC(F)(F)F)cc4)CC3)cc2)c(Cl)n1. The number of imidazole rings is 1. The largest absolute Gasteiger partial charge is 0.573 e. The van der Waals surface area contributed by atoms with E-state index in [0.29, 0.717) is 24.9 Å². The Labute approximate surface area is 239 Å². The molecule has 0 amide bonds. The predicted molar refractivity (Wildman–Crippen MR) is 144 cm³/mol. The van der Waals surface area contributed by atoms with Crippen molar-refractivity contribution >= 4 is 23.1 Å². The number of aliphatic hydroxyl groups is 1. The number of piperidine rings is 1. The quantitative estimate of drug-likeness (QED) is 0.200. The summed E-state index contributed by atoms with van der Waals surface area (Å²) in [7, 11) is 0. The molecule has 1 N–H and O–H groups in total. The second-order valence-corrected chi connectivity index (χ2v) is 10.0. The Kier molecular flexibility index (Phi) is 10.3. The molecule has 0 saturated carbocycles. The van der Waals surface area contributed by atoms with Crippen molar-refractivity contribution in [1.82, 2.24) is 9.55 Å². The van der Waals surface area contributed by atoms with Crippen LogP contribution in [0, 0.1) is 16.0 Å². The van der Waals surface area contributed by atoms with Gasteiger partial charge in [0.2, 0.25) is 0 Å². The van der Waals surface area contributed by atoms with E-state index in [1.165, 1.54) is 22.9 Å². The molecule has 10 nitrogen and oxygen atoms in total. The Bertz CT molecular complexity index is 1270. The van der Waals surface area contributed by atoms with Gasteiger partial charge in [-0.3, -0.25) is 4.57 Å². The number of alkyl halides is 3. The lowest BCUT2D eigenvalue weighted by Crippen LogP contribution is -2.35. The summed E-state index contributed by atoms with van der Waals surface area (Å²) in [4.78, 5) is 16.1. The summed E-state index contributed by atoms with van der Waals surface area (Å²) in [5.41, 5.74) is 1.84. The number of hydrogen-bond acceptors (Lipinski definition) is 8. The van der Waals surface area contributed by atoms with Crippen LogP contribution >= 0.6 is 11.6 Å². The average molecular weight is 599 g/mol. The van der Waals surface area contributed by atoms with E-state index in [-0.39, 0.29) is 36.4 Å². The van der Waals surface area contributed by atoms with Gasteiger partial charge in [0.25, 0.3) is 0 Å². The first kappa shape index (κ1) is 30.4. The van der Waals surface area contributed by atoms with Gasteiger partial charge in [0.1, 0.15) is 24.3 Å². The first-order valence-electron chi connectivity index (χ1n) is 13.0. The van der Waals surface area contributed by atoms with Crippen LogP contribution in [0.25, 0.3) is 0 Å². The van der Waals surface area contributed by atoms with Gasteiger partial charge in [0, 0.05) is 31.9 Å². The molecular formula is C27H30ClF3N4O6. The molecule has 2 aromatic carbocycles. The molecule has 1 atom stereocenters. The highest BCUT2D eigenvalue weighted by atomic mass is 35.5. The fourth-order valence-electron chi connectivity index (χ4n) is 4.43. The molecule has 14 heteroatoms. The van der Waals surface area contributed by atoms with E-state index in [1.807, 2.05) is 24.3 Å². The van der Waals surface area contributed by atoms with Crippen LogP contribution in [0.2, 0.25) is 5.28 Å². The average Bonchev–Trinajstić information content (AvgIpc) is 3.32. The third kappa shape index (κ3) is 9.51. The number of nitrogens with zero attached hydrogens (tertiary/aromatic N) is 4. The molecule has 0 bridgehead atoms. The molecule has 222 valence electrons. The molecule has 1 fully saturated rings. The highest BCUT2D eigenvalue weighted by Crippen LogP contribution is 2.27. The Morgan fingerprint density at radius 2 is 1.76 bits per heavy atom. The highest BCUT2D eigenvalue weighted by molar-refractivity contribution is 6.28. The maximum Gasteiger partial charge on any atom is 0.573 e. The van der Waals surface area contributed by atoms with Crippen molar-refractivity contribution in [2.75, 3.05) is 31.2 Å². The first-order valence-corrected chi connectivity index (χ1v) is 13.4. The van der Waals surface area contributed by atoms with E-state index >= 15 is 0 Å². The van der Waals surface area contributed by atoms with Crippen LogP contribution in [-0.4, -0.2) is 58.4 Å². The zero-order valence-electron chi connectivity index (χ0n) is 22.0. The molecule has 0 aliphatic carbocycles. The topological polar surface area (TPSA) is 112 Å². The number of halogens is 4. The lowest BCUT2D eigenvalue weighted by atomic mass is 9.97. The number of nitro groups is 1. The van der Waals surface area contributed by atoms with Crippen molar-refractivity contribution in [3.8, 4) is 11.5 Å². The summed E-state index contributed by atoms with van der Waals surface area (Å²) in [5.74, 6) is 0.413. The molecule has 1 saturated heterocycles. The van der Waals surface area contributed by atoms with Crippen LogP contribution < -0.4 is 14.4 Å². The number of anilines is 1. The van der Waals surface area contributed by atoms with Crippen LogP contribution in [-0.2, 0) is 17.9 Å². The number of hydrogen-bond donors (Lipinski definition) is 1. The van der Waals surface area contributed by atoms with Crippen molar-refractivity contribution in [3.63, 3.8) is 0 Å². The Hall–Kier alpha value is -3.55. The second-order valence-electron chi connectivity index (χ2n) is 9.70. The summed E-state index contributed by atoms with van der Waals surface area (Å²) in [6.07, 6.45) is -2.09. The lowest BCUT2D eigenvalue weighted by molar-refractivity contribution is -0.389. The van der Waals surface area contributed by atoms with Crippen LogP contribution in [0.3, 0.4) is 0 Å². The number of aryl methyl sites for hydroxylation is 1. The van der Waals surface area contributed by atoms with Gasteiger partial charge in [-0.05, 0) is 88.7 Å². The van der Waals surface area contributed by atoms with Gasteiger partial charge in [-0.15, -0.1) is 13.2 Å². The molecule has 2 heterocycles. The third-order valence-electron chi connectivity index (χ3n) is 6.64. The zero-order chi connectivity index (χ0) is 29.4. The fraction of sp³-hybridized carbons (Fsp3) is 0.444. The van der Waals surface area contributed by atoms with Crippen LogP contribution in [0.1, 0.15) is 24.8 Å². The minimum atomic E-state index is -4.71. The van der Waals surface area contributed by atoms with E-state index in [0.717, 1.165) is 37.2 Å². The molecule has 1 aliphatic rings. The maximum atomic E-state index is 12.3. The van der Waals surface area contributed by atoms with Crippen molar-refractivity contribution < 1.29 is 37.4 Å². The Morgan fingerprint density at radius 1 is 1.10 bits per heavy atom.